The van der Waals surface area contributed by atoms with Crippen molar-refractivity contribution in [2.24, 2.45) is 0 Å². The van der Waals surface area contributed by atoms with Gasteiger partial charge in [0.2, 0.25) is 0 Å². The van der Waals surface area contributed by atoms with Gasteiger partial charge in [-0.15, -0.1) is 0 Å². The summed E-state index contributed by atoms with van der Waals surface area (Å²) in [5.41, 5.74) is 1.32. The molecule has 1 fully saturated rings. The zero-order valence-corrected chi connectivity index (χ0v) is 14.6. The van der Waals surface area contributed by atoms with Crippen LogP contribution in [0.1, 0.15) is 49.5 Å². The summed E-state index contributed by atoms with van der Waals surface area (Å²) in [6, 6.07) is 10.5. The number of aromatic carboxylic acids is 1. The minimum absolute atomic E-state index is 0.0176. The van der Waals surface area contributed by atoms with Crippen LogP contribution in [-0.4, -0.2) is 46.0 Å². The molecule has 1 aliphatic rings. The summed E-state index contributed by atoms with van der Waals surface area (Å²) < 4.78 is 0. The summed E-state index contributed by atoms with van der Waals surface area (Å²) in [7, 11) is 0. The zero-order valence-electron chi connectivity index (χ0n) is 14.6. The van der Waals surface area contributed by atoms with Gasteiger partial charge in [0.05, 0.1) is 5.56 Å². The third-order valence-corrected chi connectivity index (χ3v) is 4.47. The number of hydrogen-bond acceptors (Lipinski definition) is 4. The molecule has 0 unspecified atom stereocenters. The molecule has 140 valence electrons. The topological polar surface area (TPSA) is 107 Å². The van der Waals surface area contributed by atoms with Crippen LogP contribution in [0, 0.1) is 0 Å². The molecule has 0 aliphatic carbocycles. The van der Waals surface area contributed by atoms with Gasteiger partial charge >= 0.3 is 5.97 Å². The lowest BCUT2D eigenvalue weighted by molar-refractivity contribution is 0.0695. The lowest BCUT2D eigenvalue weighted by atomic mass is 10.1. The fourth-order valence-corrected chi connectivity index (χ4v) is 3.02. The number of nitrogens with one attached hydrogen (secondary N) is 1. The summed E-state index contributed by atoms with van der Waals surface area (Å²) in [5.74, 6) is -1.99. The maximum absolute atomic E-state index is 12.3. The monoisotopic (exact) mass is 368 g/mol. The van der Waals surface area contributed by atoms with Crippen LogP contribution >= 0.6 is 0 Å². The molecule has 1 heterocycles. The van der Waals surface area contributed by atoms with Gasteiger partial charge in [0, 0.05) is 30.8 Å². The van der Waals surface area contributed by atoms with Crippen molar-refractivity contribution in [1.29, 1.82) is 0 Å². The van der Waals surface area contributed by atoms with Gasteiger partial charge in [-0.25, -0.2) is 4.79 Å². The molecule has 0 bridgehead atoms. The molecule has 1 saturated heterocycles. The van der Waals surface area contributed by atoms with Crippen LogP contribution in [-0.2, 0) is 6.54 Å². The van der Waals surface area contributed by atoms with Crippen molar-refractivity contribution in [3.8, 4) is 5.75 Å². The molecule has 2 aromatic carbocycles. The molecule has 3 rings (SSSR count). The normalized spacial score (nSPS) is 13.4. The summed E-state index contributed by atoms with van der Waals surface area (Å²) in [5, 5.41) is 21.2. The fourth-order valence-electron chi connectivity index (χ4n) is 3.02. The first-order valence-corrected chi connectivity index (χ1v) is 8.68. The second kappa shape index (κ2) is 7.90. The number of nitrogens with zero attached hydrogens (tertiary/aromatic N) is 1. The Labute approximate surface area is 156 Å². The highest BCUT2D eigenvalue weighted by Crippen LogP contribution is 2.17. The van der Waals surface area contributed by atoms with Gasteiger partial charge in [0.25, 0.3) is 11.8 Å². The maximum atomic E-state index is 12.3. The standard InChI is InChI=1S/C20H20N2O5/c23-17-10-15(9-16(11-17)20(26)27)18(24)21-12-13-3-5-14(6-4-13)19(25)22-7-1-2-8-22/h3-6,9-11,23H,1-2,7-8,12H2,(H,21,24)(H,26,27). The summed E-state index contributed by atoms with van der Waals surface area (Å²) in [6.07, 6.45) is 2.07. The number of carboxylic acids is 1. The maximum Gasteiger partial charge on any atom is 0.335 e. The van der Waals surface area contributed by atoms with Crippen LogP contribution in [0.2, 0.25) is 0 Å². The Morgan fingerprint density at radius 2 is 1.56 bits per heavy atom. The predicted molar refractivity (Wildman–Crippen MR) is 97.8 cm³/mol. The molecule has 0 atom stereocenters. The van der Waals surface area contributed by atoms with Gasteiger partial charge in [0.15, 0.2) is 0 Å². The van der Waals surface area contributed by atoms with Gasteiger partial charge in [-0.1, -0.05) is 12.1 Å². The van der Waals surface area contributed by atoms with E-state index in [-0.39, 0.29) is 29.3 Å². The van der Waals surface area contributed by atoms with Crippen LogP contribution in [0.5, 0.6) is 5.75 Å². The van der Waals surface area contributed by atoms with Crippen molar-refractivity contribution in [3.05, 3.63) is 64.7 Å². The van der Waals surface area contributed by atoms with E-state index in [0.29, 0.717) is 5.56 Å². The second-order valence-corrected chi connectivity index (χ2v) is 6.45. The smallest absolute Gasteiger partial charge is 0.335 e. The van der Waals surface area contributed by atoms with E-state index in [2.05, 4.69) is 5.32 Å². The van der Waals surface area contributed by atoms with E-state index in [1.165, 1.54) is 12.1 Å². The first-order valence-electron chi connectivity index (χ1n) is 8.68. The van der Waals surface area contributed by atoms with Crippen LogP contribution in [0.15, 0.2) is 42.5 Å². The molecular formula is C20H20N2O5. The van der Waals surface area contributed by atoms with Crippen LogP contribution in [0.3, 0.4) is 0 Å². The number of rotatable bonds is 5. The molecular weight excluding hydrogens is 348 g/mol. The highest BCUT2D eigenvalue weighted by atomic mass is 16.4. The Morgan fingerprint density at radius 3 is 2.19 bits per heavy atom. The third-order valence-electron chi connectivity index (χ3n) is 4.47. The minimum Gasteiger partial charge on any atom is -0.508 e. The molecule has 0 saturated carbocycles. The number of benzene rings is 2. The second-order valence-electron chi connectivity index (χ2n) is 6.45. The SMILES string of the molecule is O=C(O)c1cc(O)cc(C(=O)NCc2ccc(C(=O)N3CCCC3)cc2)c1. The fraction of sp³-hybridized carbons (Fsp3) is 0.250. The third kappa shape index (κ3) is 4.44. The Morgan fingerprint density at radius 1 is 0.926 bits per heavy atom. The number of carboxylic acid groups (broad SMARTS) is 1. The Hall–Kier alpha value is -3.35. The van der Waals surface area contributed by atoms with E-state index in [4.69, 9.17) is 5.11 Å². The van der Waals surface area contributed by atoms with Crippen LogP contribution < -0.4 is 5.32 Å². The first-order chi connectivity index (χ1) is 12.9. The highest BCUT2D eigenvalue weighted by molar-refractivity contribution is 5.98. The lowest BCUT2D eigenvalue weighted by Crippen LogP contribution is -2.27. The molecule has 0 spiro atoms. The summed E-state index contributed by atoms with van der Waals surface area (Å²) in [6.45, 7) is 1.80. The number of phenolic OH excluding ortho intramolecular Hbond substituents is 1. The van der Waals surface area contributed by atoms with E-state index < -0.39 is 11.9 Å². The van der Waals surface area contributed by atoms with Crippen LogP contribution in [0.25, 0.3) is 0 Å². The van der Waals surface area contributed by atoms with E-state index in [0.717, 1.165) is 37.6 Å². The van der Waals surface area contributed by atoms with Crippen molar-refractivity contribution < 1.29 is 24.6 Å². The van der Waals surface area contributed by atoms with Crippen molar-refractivity contribution in [3.63, 3.8) is 0 Å². The van der Waals surface area contributed by atoms with Gasteiger partial charge in [-0.2, -0.15) is 0 Å². The van der Waals surface area contributed by atoms with Crippen molar-refractivity contribution in [1.82, 2.24) is 10.2 Å². The van der Waals surface area contributed by atoms with E-state index in [1.807, 2.05) is 4.90 Å². The number of aromatic hydroxyl groups is 1. The molecule has 3 N–H and O–H groups in total. The van der Waals surface area contributed by atoms with Gasteiger partial charge in [-0.3, -0.25) is 9.59 Å². The molecule has 2 amide bonds. The Balaban J connectivity index is 1.62. The average Bonchev–Trinajstić information content (AvgIpc) is 3.20. The molecule has 7 heteroatoms. The number of hydrogen-bond donors (Lipinski definition) is 3. The van der Waals surface area contributed by atoms with E-state index >= 15 is 0 Å². The number of carbonyl (C=O) groups is 3. The number of carbonyl (C=O) groups excluding carboxylic acids is 2. The quantitative estimate of drug-likeness (QED) is 0.750. The average molecular weight is 368 g/mol. The molecule has 27 heavy (non-hydrogen) atoms. The van der Waals surface area contributed by atoms with Crippen molar-refractivity contribution >= 4 is 17.8 Å². The van der Waals surface area contributed by atoms with Crippen LogP contribution in [0.4, 0.5) is 0 Å². The van der Waals surface area contributed by atoms with E-state index in [1.54, 1.807) is 24.3 Å². The van der Waals surface area contributed by atoms with Gasteiger partial charge in [-0.05, 0) is 48.7 Å². The predicted octanol–water partition coefficient (Wildman–Crippen LogP) is 2.26. The molecule has 7 nitrogen and oxygen atoms in total. The summed E-state index contributed by atoms with van der Waals surface area (Å²) >= 11 is 0. The lowest BCUT2D eigenvalue weighted by Gasteiger charge is -2.15. The van der Waals surface area contributed by atoms with Crippen molar-refractivity contribution in [2.75, 3.05) is 13.1 Å². The largest absolute Gasteiger partial charge is 0.508 e. The first kappa shape index (κ1) is 18.4. The van der Waals surface area contributed by atoms with Gasteiger partial charge < -0.3 is 20.4 Å². The Bertz CT molecular complexity index is 870. The number of amides is 2. The summed E-state index contributed by atoms with van der Waals surface area (Å²) in [4.78, 5) is 37.4. The number of likely N-dealkylation sites (tertiary alicyclic amines) is 1. The minimum atomic E-state index is -1.22. The molecule has 0 aromatic heterocycles. The Kier molecular flexibility index (Phi) is 5.40. The van der Waals surface area contributed by atoms with E-state index in [9.17, 15) is 19.5 Å². The highest BCUT2D eigenvalue weighted by Gasteiger charge is 2.19. The van der Waals surface area contributed by atoms with Gasteiger partial charge in [0.1, 0.15) is 5.75 Å². The zero-order chi connectivity index (χ0) is 19.4. The molecule has 0 radical (unpaired) electrons. The molecule has 1 aliphatic heterocycles. The van der Waals surface area contributed by atoms with Crippen molar-refractivity contribution in [2.45, 2.75) is 19.4 Å². The number of phenols is 1. The molecule has 2 aromatic rings.